The molecule has 4 rings (SSSR count). The lowest BCUT2D eigenvalue weighted by Crippen LogP contribution is -2.46. The molecule has 0 bridgehead atoms. The van der Waals surface area contributed by atoms with Gasteiger partial charge in [0.1, 0.15) is 0 Å². The predicted molar refractivity (Wildman–Crippen MR) is 106 cm³/mol. The first-order chi connectivity index (χ1) is 12.4. The lowest BCUT2D eigenvalue weighted by Gasteiger charge is -2.39. The minimum Gasteiger partial charge on any atom is -0.259 e. The Morgan fingerprint density at radius 1 is 1.04 bits per heavy atom. The summed E-state index contributed by atoms with van der Waals surface area (Å²) in [5.41, 5.74) is 5.45. The van der Waals surface area contributed by atoms with E-state index in [0.29, 0.717) is 4.90 Å². The van der Waals surface area contributed by atoms with E-state index in [2.05, 4.69) is 26.0 Å². The molecule has 2 aromatic rings. The van der Waals surface area contributed by atoms with Gasteiger partial charge in [0.25, 0.3) is 10.0 Å². The van der Waals surface area contributed by atoms with Crippen molar-refractivity contribution in [3.8, 4) is 0 Å². The Bertz CT molecular complexity index is 1010. The molecule has 0 spiro atoms. The van der Waals surface area contributed by atoms with Crippen molar-refractivity contribution in [2.45, 2.75) is 38.1 Å². The summed E-state index contributed by atoms with van der Waals surface area (Å²) in [7, 11) is -3.64. The number of aryl methyl sites for hydroxylation is 1. The van der Waals surface area contributed by atoms with Crippen molar-refractivity contribution in [2.75, 3.05) is 4.31 Å². The number of fused-ring (bicyclic) bond motifs is 2. The van der Waals surface area contributed by atoms with Gasteiger partial charge in [-0.05, 0) is 56.5 Å². The van der Waals surface area contributed by atoms with Crippen LogP contribution in [0.2, 0.25) is 0 Å². The van der Waals surface area contributed by atoms with E-state index in [1.165, 1.54) is 11.1 Å². The number of benzene rings is 2. The van der Waals surface area contributed by atoms with Crippen LogP contribution in [0.3, 0.4) is 0 Å². The van der Waals surface area contributed by atoms with Gasteiger partial charge in [-0.1, -0.05) is 53.6 Å². The molecule has 0 N–H and O–H groups in total. The maximum atomic E-state index is 13.6. The molecule has 2 atom stereocenters. The first-order valence-corrected chi connectivity index (χ1v) is 10.4. The van der Waals surface area contributed by atoms with Crippen LogP contribution in [-0.4, -0.2) is 14.5 Å². The summed E-state index contributed by atoms with van der Waals surface area (Å²) in [6, 6.07) is 14.8. The molecule has 3 nitrogen and oxygen atoms in total. The van der Waals surface area contributed by atoms with Gasteiger partial charge in [-0.2, -0.15) is 0 Å². The molecule has 0 amide bonds. The monoisotopic (exact) mass is 365 g/mol. The average molecular weight is 365 g/mol. The third-order valence-electron chi connectivity index (χ3n) is 5.38. The van der Waals surface area contributed by atoms with E-state index in [1.54, 1.807) is 16.4 Å². The quantitative estimate of drug-likeness (QED) is 0.778. The van der Waals surface area contributed by atoms with Gasteiger partial charge in [-0.25, -0.2) is 8.42 Å². The number of nitrogens with zero attached hydrogens (tertiary/aromatic N) is 1. The molecule has 0 fully saturated rings. The maximum absolute atomic E-state index is 13.6. The van der Waals surface area contributed by atoms with Crippen LogP contribution in [0.1, 0.15) is 25.0 Å². The zero-order chi connectivity index (χ0) is 18.5. The number of allylic oxidation sites excluding steroid dienone is 2. The smallest absolute Gasteiger partial charge is 0.259 e. The normalized spacial score (nSPS) is 21.5. The molecule has 1 aliphatic heterocycles. The fraction of sp³-hybridized carbons (Fsp3) is 0.273. The molecule has 1 aliphatic carbocycles. The highest BCUT2D eigenvalue weighted by molar-refractivity contribution is 7.92. The van der Waals surface area contributed by atoms with Crippen LogP contribution in [0.4, 0.5) is 5.69 Å². The van der Waals surface area contributed by atoms with E-state index in [4.69, 9.17) is 0 Å². The van der Waals surface area contributed by atoms with Crippen molar-refractivity contribution in [1.82, 2.24) is 0 Å². The molecular formula is C22H23NO2S. The largest absolute Gasteiger partial charge is 0.264 e. The van der Waals surface area contributed by atoms with Crippen LogP contribution < -0.4 is 4.31 Å². The number of rotatable bonds is 2. The molecule has 0 radical (unpaired) electrons. The van der Waals surface area contributed by atoms with E-state index in [0.717, 1.165) is 23.2 Å². The lowest BCUT2D eigenvalue weighted by molar-refractivity contribution is 0.525. The molecular weight excluding hydrogens is 342 g/mol. The third-order valence-corrected chi connectivity index (χ3v) is 7.21. The van der Waals surface area contributed by atoms with Gasteiger partial charge in [-0.15, -0.1) is 0 Å². The highest BCUT2D eigenvalue weighted by Gasteiger charge is 2.43. The van der Waals surface area contributed by atoms with Crippen molar-refractivity contribution in [2.24, 2.45) is 5.92 Å². The second kappa shape index (κ2) is 6.13. The molecule has 0 saturated heterocycles. The van der Waals surface area contributed by atoms with Crippen molar-refractivity contribution < 1.29 is 8.42 Å². The SMILES string of the molecule is CC(C)=C1C=C[C@@H]2[C@H]1Cc1ccccc1N2S(=O)(=O)c1ccc(C)cc1. The first kappa shape index (κ1) is 17.1. The molecule has 1 heterocycles. The van der Waals surface area contributed by atoms with Crippen molar-refractivity contribution >= 4 is 15.7 Å². The molecule has 2 aromatic carbocycles. The number of hydrogen-bond acceptors (Lipinski definition) is 2. The predicted octanol–water partition coefficient (Wildman–Crippen LogP) is 4.64. The Labute approximate surface area is 155 Å². The first-order valence-electron chi connectivity index (χ1n) is 8.94. The highest BCUT2D eigenvalue weighted by atomic mass is 32.2. The fourth-order valence-electron chi connectivity index (χ4n) is 4.06. The average Bonchev–Trinajstić information content (AvgIpc) is 3.03. The van der Waals surface area contributed by atoms with Crippen molar-refractivity contribution in [3.05, 3.63) is 83.0 Å². The molecule has 26 heavy (non-hydrogen) atoms. The molecule has 0 saturated carbocycles. The topological polar surface area (TPSA) is 37.4 Å². The minimum atomic E-state index is -3.64. The third kappa shape index (κ3) is 2.60. The van der Waals surface area contributed by atoms with Gasteiger partial charge < -0.3 is 0 Å². The van der Waals surface area contributed by atoms with Crippen LogP contribution in [0.5, 0.6) is 0 Å². The van der Waals surface area contributed by atoms with Gasteiger partial charge in [-0.3, -0.25) is 4.31 Å². The standard InChI is InChI=1S/C22H23NO2S/c1-15(2)19-12-13-22-20(19)14-17-6-4-5-7-21(17)23(22)26(24,25)18-10-8-16(3)9-11-18/h4-13,20,22H,14H2,1-3H3/t20-,22+/m0/s1. The van der Waals surface area contributed by atoms with E-state index in [-0.39, 0.29) is 12.0 Å². The molecule has 0 unspecified atom stereocenters. The lowest BCUT2D eigenvalue weighted by atomic mass is 9.85. The van der Waals surface area contributed by atoms with Crippen LogP contribution in [-0.2, 0) is 16.4 Å². The van der Waals surface area contributed by atoms with Crippen LogP contribution in [0.25, 0.3) is 0 Å². The molecule has 2 aliphatic rings. The second-order valence-corrected chi connectivity index (χ2v) is 9.17. The number of sulfonamides is 1. The van der Waals surface area contributed by atoms with Gasteiger partial charge in [0.2, 0.25) is 0 Å². The summed E-state index contributed by atoms with van der Waals surface area (Å²) in [4.78, 5) is 0.345. The van der Waals surface area contributed by atoms with Gasteiger partial charge in [0, 0.05) is 5.92 Å². The number of para-hydroxylation sites is 1. The summed E-state index contributed by atoms with van der Waals surface area (Å²) in [6.45, 7) is 6.16. The van der Waals surface area contributed by atoms with Gasteiger partial charge in [0.05, 0.1) is 16.6 Å². The molecule has 134 valence electrons. The summed E-state index contributed by atoms with van der Waals surface area (Å²) in [5, 5.41) is 0. The highest BCUT2D eigenvalue weighted by Crippen LogP contribution is 2.44. The molecule has 4 heteroatoms. The zero-order valence-electron chi connectivity index (χ0n) is 15.3. The van der Waals surface area contributed by atoms with Crippen molar-refractivity contribution in [3.63, 3.8) is 0 Å². The summed E-state index contributed by atoms with van der Waals surface area (Å²) in [5.74, 6) is 0.176. The summed E-state index contributed by atoms with van der Waals surface area (Å²) < 4.78 is 28.7. The van der Waals surface area contributed by atoms with E-state index in [9.17, 15) is 8.42 Å². The minimum absolute atomic E-state index is 0.166. The van der Waals surface area contributed by atoms with E-state index in [1.807, 2.05) is 43.3 Å². The Morgan fingerprint density at radius 2 is 1.73 bits per heavy atom. The van der Waals surface area contributed by atoms with E-state index < -0.39 is 10.0 Å². The van der Waals surface area contributed by atoms with Crippen LogP contribution in [0, 0.1) is 12.8 Å². The summed E-state index contributed by atoms with van der Waals surface area (Å²) in [6.07, 6.45) is 5.02. The summed E-state index contributed by atoms with van der Waals surface area (Å²) >= 11 is 0. The Morgan fingerprint density at radius 3 is 2.42 bits per heavy atom. The number of hydrogen-bond donors (Lipinski definition) is 0. The van der Waals surface area contributed by atoms with E-state index >= 15 is 0 Å². The number of anilines is 1. The maximum Gasteiger partial charge on any atom is 0.264 e. The van der Waals surface area contributed by atoms with Gasteiger partial charge in [0.15, 0.2) is 0 Å². The molecule has 0 aromatic heterocycles. The zero-order valence-corrected chi connectivity index (χ0v) is 16.1. The van der Waals surface area contributed by atoms with Crippen LogP contribution >= 0.6 is 0 Å². The van der Waals surface area contributed by atoms with Crippen LogP contribution in [0.15, 0.2) is 76.7 Å². The van der Waals surface area contributed by atoms with Crippen molar-refractivity contribution in [1.29, 1.82) is 0 Å². The Balaban J connectivity index is 1.90. The Hall–Kier alpha value is -2.33. The fourth-order valence-corrected chi connectivity index (χ4v) is 5.75. The van der Waals surface area contributed by atoms with Gasteiger partial charge >= 0.3 is 0 Å². The Kier molecular flexibility index (Phi) is 4.03. The second-order valence-electron chi connectivity index (χ2n) is 7.36.